The first-order chi connectivity index (χ1) is 0. The van der Waals surface area contributed by atoms with Gasteiger partial charge >= 0.3 is 101 Å². The van der Waals surface area contributed by atoms with Crippen molar-refractivity contribution in [1.29, 1.82) is 0 Å². The summed E-state index contributed by atoms with van der Waals surface area (Å²) < 4.78 is 0. The standard InChI is InChI=1S/Ag.As.Fe.Pb.Sb.Zn/q+1;+3;+2;;+3;+2. The van der Waals surface area contributed by atoms with Crippen LogP contribution in [0.2, 0.25) is 0 Å². The van der Waals surface area contributed by atoms with E-state index in [0.29, 0.717) is 0 Å². The molecule has 0 rings (SSSR count). The SMILES string of the molecule is [Ag+].[As+3].[Fe+2].[Pb].[Sb+3].[Zn+2]. The number of hydrogen-bond donors (Lipinski definition) is 0. The zero-order valence-corrected chi connectivity index (χ0v) is 16.6. The summed E-state index contributed by atoms with van der Waals surface area (Å²) in [4.78, 5) is 0. The van der Waals surface area contributed by atoms with Gasteiger partial charge in [0.2, 0.25) is 0 Å². The van der Waals surface area contributed by atoms with E-state index in [1.165, 1.54) is 0 Å². The average molecular weight is 633 g/mol. The quantitative estimate of drug-likeness (QED) is 0.296. The van der Waals surface area contributed by atoms with Crippen molar-refractivity contribution in [2.24, 2.45) is 0 Å². The maximum atomic E-state index is 0. The number of rotatable bonds is 0. The Morgan fingerprint density at radius 1 is 1.00 bits per heavy atom. The topological polar surface area (TPSA) is 0 Å². The Kier molecular flexibility index (Phi) is 288. The summed E-state index contributed by atoms with van der Waals surface area (Å²) in [6.45, 7) is 0. The minimum absolute atomic E-state index is 0. The number of hydrogen-bond acceptors (Lipinski definition) is 0. The van der Waals surface area contributed by atoms with E-state index in [-0.39, 0.29) is 129 Å². The summed E-state index contributed by atoms with van der Waals surface area (Å²) in [6.07, 6.45) is 0. The average Bonchev–Trinajstić information content (AvgIpc) is 0. The molecule has 0 aromatic heterocycles. The van der Waals surface area contributed by atoms with E-state index in [1.807, 2.05) is 0 Å². The predicted octanol–water partition coefficient (Wildman–Crippen LogP) is -1.15. The maximum Gasteiger partial charge on any atom is 3.00 e. The van der Waals surface area contributed by atoms with E-state index in [1.54, 1.807) is 0 Å². The molecule has 0 aliphatic rings. The second-order valence-electron chi connectivity index (χ2n) is 0. The molecule has 0 aliphatic heterocycles. The Morgan fingerprint density at radius 2 is 1.00 bits per heavy atom. The maximum absolute atomic E-state index is 0. The normalized spacial score (nSPS) is 0. The largest absolute Gasteiger partial charge is 3.00 e. The first-order valence-electron chi connectivity index (χ1n) is 0. The summed E-state index contributed by atoms with van der Waals surface area (Å²) in [5, 5.41) is 0. The predicted molar refractivity (Wildman–Crippen MR) is 17.3 cm³/mol. The van der Waals surface area contributed by atoms with E-state index in [9.17, 15) is 0 Å². The fourth-order valence-corrected chi connectivity index (χ4v) is 0. The Hall–Kier alpha value is 4.18. The van der Waals surface area contributed by atoms with E-state index in [2.05, 4.69) is 0 Å². The molecular weight excluding hydrogens is 633 g/mol. The third-order valence-corrected chi connectivity index (χ3v) is 0. The third-order valence-electron chi connectivity index (χ3n) is 0. The molecule has 0 unspecified atom stereocenters. The molecule has 24 valence electrons. The van der Waals surface area contributed by atoms with Crippen LogP contribution in [0.4, 0.5) is 0 Å². The van der Waals surface area contributed by atoms with Gasteiger partial charge in [-0.1, -0.05) is 0 Å². The van der Waals surface area contributed by atoms with Crippen molar-refractivity contribution in [3.63, 3.8) is 0 Å². The van der Waals surface area contributed by atoms with Crippen LogP contribution >= 0.6 is 0 Å². The van der Waals surface area contributed by atoms with Gasteiger partial charge in [-0.3, -0.25) is 0 Å². The Bertz CT molecular complexity index is 15.5. The zero-order valence-electron chi connectivity index (χ0n) is 2.76. The molecule has 0 atom stereocenters. The van der Waals surface area contributed by atoms with E-state index >= 15 is 0 Å². The van der Waals surface area contributed by atoms with Crippen molar-refractivity contribution in [1.82, 2.24) is 0 Å². The van der Waals surface area contributed by atoms with E-state index in [4.69, 9.17) is 0 Å². The van der Waals surface area contributed by atoms with Crippen LogP contribution in [-0.2, 0) is 58.9 Å². The van der Waals surface area contributed by atoms with Crippen molar-refractivity contribution in [3.05, 3.63) is 0 Å². The van der Waals surface area contributed by atoms with Gasteiger partial charge in [0.05, 0.1) is 0 Å². The summed E-state index contributed by atoms with van der Waals surface area (Å²) in [5.41, 5.74) is 0. The molecule has 6 heteroatoms. The van der Waals surface area contributed by atoms with Crippen molar-refractivity contribution >= 4 is 69.7 Å². The Labute approximate surface area is 126 Å². The molecule has 0 bridgehead atoms. The van der Waals surface area contributed by atoms with Gasteiger partial charge in [-0.05, 0) is 0 Å². The second kappa shape index (κ2) is 35.1. The van der Waals surface area contributed by atoms with Crippen molar-refractivity contribution < 1.29 is 58.9 Å². The first kappa shape index (κ1) is 49.1. The van der Waals surface area contributed by atoms with Gasteiger partial charge in [0.1, 0.15) is 0 Å². The first-order valence-corrected chi connectivity index (χ1v) is 0. The molecule has 0 nitrogen and oxygen atoms in total. The monoisotopic (exact) mass is 631 g/mol. The zero-order chi connectivity index (χ0) is 0. The molecular formula is AgAsFePbSbZn+11. The summed E-state index contributed by atoms with van der Waals surface area (Å²) in [5.74, 6) is 0. The molecule has 0 aromatic carbocycles. The van der Waals surface area contributed by atoms with Crippen LogP contribution in [0.25, 0.3) is 0 Å². The molecule has 0 aliphatic carbocycles. The molecule has 0 fully saturated rings. The van der Waals surface area contributed by atoms with Crippen LogP contribution in [0.5, 0.6) is 0 Å². The van der Waals surface area contributed by atoms with Crippen molar-refractivity contribution in [2.75, 3.05) is 0 Å². The van der Waals surface area contributed by atoms with Gasteiger partial charge in [-0.2, -0.15) is 0 Å². The Balaban J connectivity index is 0. The van der Waals surface area contributed by atoms with Gasteiger partial charge in [0.15, 0.2) is 0 Å². The minimum Gasteiger partial charge on any atom is 0 e. The molecule has 0 aromatic rings. The molecule has 0 spiro atoms. The third kappa shape index (κ3) is 24.1. The van der Waals surface area contributed by atoms with Crippen LogP contribution in [0.3, 0.4) is 0 Å². The second-order valence-corrected chi connectivity index (χ2v) is 0. The molecule has 0 N–H and O–H groups in total. The minimum atomic E-state index is 0. The van der Waals surface area contributed by atoms with Gasteiger partial charge in [0.25, 0.3) is 0 Å². The van der Waals surface area contributed by atoms with Crippen LogP contribution in [0.1, 0.15) is 0 Å². The van der Waals surface area contributed by atoms with Crippen molar-refractivity contribution in [3.8, 4) is 0 Å². The fourth-order valence-electron chi connectivity index (χ4n) is 0. The summed E-state index contributed by atoms with van der Waals surface area (Å²) in [7, 11) is 0. The van der Waals surface area contributed by atoms with Gasteiger partial charge in [-0.25, -0.2) is 0 Å². The van der Waals surface area contributed by atoms with Crippen LogP contribution in [0, 0.1) is 0 Å². The van der Waals surface area contributed by atoms with E-state index < -0.39 is 0 Å². The molecule has 0 amide bonds. The Morgan fingerprint density at radius 3 is 1.00 bits per heavy atom. The molecule has 0 saturated carbocycles. The van der Waals surface area contributed by atoms with Gasteiger partial charge < -0.3 is 0 Å². The van der Waals surface area contributed by atoms with Crippen LogP contribution < -0.4 is 0 Å². The smallest absolute Gasteiger partial charge is 0 e. The summed E-state index contributed by atoms with van der Waals surface area (Å²) >= 11 is 0. The molecule has 8 radical (unpaired) electrons. The van der Waals surface area contributed by atoms with Gasteiger partial charge in [-0.15, -0.1) is 0 Å². The van der Waals surface area contributed by atoms with E-state index in [0.717, 1.165) is 0 Å². The summed E-state index contributed by atoms with van der Waals surface area (Å²) in [6, 6.07) is 0. The van der Waals surface area contributed by atoms with Gasteiger partial charge in [0, 0.05) is 27.3 Å². The fraction of sp³-hybridized carbons (Fsp3) is 0. The van der Waals surface area contributed by atoms with Crippen molar-refractivity contribution in [2.45, 2.75) is 0 Å². The molecule has 6 heavy (non-hydrogen) atoms. The molecule has 0 saturated heterocycles. The van der Waals surface area contributed by atoms with Crippen LogP contribution in [-0.4, -0.2) is 69.7 Å². The van der Waals surface area contributed by atoms with Crippen LogP contribution in [0.15, 0.2) is 0 Å². The molecule has 0 heterocycles.